The first-order valence-electron chi connectivity index (χ1n) is 5.20. The summed E-state index contributed by atoms with van der Waals surface area (Å²) in [6.07, 6.45) is 3.66. The zero-order valence-corrected chi connectivity index (χ0v) is 8.91. The minimum atomic E-state index is 0.150. The molecule has 84 valence electrons. The van der Waals surface area contributed by atoms with Gasteiger partial charge < -0.3 is 14.6 Å². The van der Waals surface area contributed by atoms with E-state index in [9.17, 15) is 10.2 Å². The minimum absolute atomic E-state index is 0.150. The molecule has 1 aromatic carbocycles. The summed E-state index contributed by atoms with van der Waals surface area (Å²) < 4.78 is 1.76. The number of hydrogen-bond acceptors (Lipinski definition) is 3. The number of benzene rings is 1. The van der Waals surface area contributed by atoms with Crippen LogP contribution in [0.4, 0.5) is 0 Å². The van der Waals surface area contributed by atoms with Crippen molar-refractivity contribution in [2.45, 2.75) is 0 Å². The molecule has 0 saturated carbocycles. The van der Waals surface area contributed by atoms with E-state index in [0.29, 0.717) is 5.65 Å². The van der Waals surface area contributed by atoms with Crippen molar-refractivity contribution >= 4 is 5.65 Å². The van der Waals surface area contributed by atoms with Gasteiger partial charge in [0.25, 0.3) is 0 Å². The fourth-order valence-corrected chi connectivity index (χ4v) is 1.77. The van der Waals surface area contributed by atoms with Gasteiger partial charge in [0.15, 0.2) is 11.4 Å². The topological polar surface area (TPSA) is 57.8 Å². The zero-order valence-electron chi connectivity index (χ0n) is 8.91. The SMILES string of the molecule is Oc1ccc(-c2cn3cccc(O)c3n2)cc1. The van der Waals surface area contributed by atoms with Crippen LogP contribution in [0.2, 0.25) is 0 Å². The maximum absolute atomic E-state index is 9.65. The fraction of sp³-hybridized carbons (Fsp3) is 0. The van der Waals surface area contributed by atoms with Gasteiger partial charge in [0, 0.05) is 18.0 Å². The van der Waals surface area contributed by atoms with Gasteiger partial charge in [-0.15, -0.1) is 0 Å². The van der Waals surface area contributed by atoms with E-state index in [4.69, 9.17) is 0 Å². The summed E-state index contributed by atoms with van der Waals surface area (Å²) in [6, 6.07) is 10.1. The van der Waals surface area contributed by atoms with Crippen molar-refractivity contribution in [3.8, 4) is 22.8 Å². The number of nitrogens with zero attached hydrogens (tertiary/aromatic N) is 2. The molecule has 0 amide bonds. The molecule has 2 aromatic heterocycles. The van der Waals surface area contributed by atoms with E-state index in [-0.39, 0.29) is 11.5 Å². The Morgan fingerprint density at radius 1 is 1.00 bits per heavy atom. The first kappa shape index (κ1) is 9.72. The van der Waals surface area contributed by atoms with E-state index >= 15 is 0 Å². The molecular formula is C13H10N2O2. The monoisotopic (exact) mass is 226 g/mol. The highest BCUT2D eigenvalue weighted by Crippen LogP contribution is 2.24. The lowest BCUT2D eigenvalue weighted by Crippen LogP contribution is -1.80. The molecule has 2 heterocycles. The molecule has 0 fully saturated rings. The Hall–Kier alpha value is -2.49. The molecule has 2 N–H and O–H groups in total. The molecule has 0 bridgehead atoms. The van der Waals surface area contributed by atoms with Gasteiger partial charge >= 0.3 is 0 Å². The number of pyridine rings is 1. The predicted octanol–water partition coefficient (Wildman–Crippen LogP) is 2.41. The van der Waals surface area contributed by atoms with E-state index in [0.717, 1.165) is 11.3 Å². The highest BCUT2D eigenvalue weighted by Gasteiger charge is 2.06. The normalized spacial score (nSPS) is 10.8. The van der Waals surface area contributed by atoms with Crippen molar-refractivity contribution in [2.24, 2.45) is 0 Å². The van der Waals surface area contributed by atoms with Gasteiger partial charge in [0.1, 0.15) is 5.75 Å². The van der Waals surface area contributed by atoms with Crippen LogP contribution < -0.4 is 0 Å². The van der Waals surface area contributed by atoms with E-state index in [1.807, 2.05) is 12.4 Å². The lowest BCUT2D eigenvalue weighted by Gasteiger charge is -1.95. The number of phenols is 1. The Morgan fingerprint density at radius 3 is 2.47 bits per heavy atom. The van der Waals surface area contributed by atoms with Crippen molar-refractivity contribution in [1.29, 1.82) is 0 Å². The third kappa shape index (κ3) is 1.59. The number of aromatic nitrogens is 2. The highest BCUT2D eigenvalue weighted by atomic mass is 16.3. The molecule has 0 radical (unpaired) electrons. The number of fused-ring (bicyclic) bond motifs is 1. The lowest BCUT2D eigenvalue weighted by atomic mass is 10.2. The van der Waals surface area contributed by atoms with E-state index in [2.05, 4.69) is 4.98 Å². The second-order valence-electron chi connectivity index (χ2n) is 3.80. The van der Waals surface area contributed by atoms with Crippen LogP contribution in [0, 0.1) is 0 Å². The quantitative estimate of drug-likeness (QED) is 0.670. The van der Waals surface area contributed by atoms with Crippen LogP contribution in [0.3, 0.4) is 0 Å². The molecule has 4 nitrogen and oxygen atoms in total. The standard InChI is InChI=1S/C13H10N2O2/c16-10-5-3-9(4-6-10)11-8-15-7-1-2-12(17)13(15)14-11/h1-8,16-17H. The van der Waals surface area contributed by atoms with Gasteiger partial charge in [-0.05, 0) is 36.4 Å². The van der Waals surface area contributed by atoms with Crippen molar-refractivity contribution in [3.05, 3.63) is 48.8 Å². The summed E-state index contributed by atoms with van der Waals surface area (Å²) in [5.74, 6) is 0.373. The van der Waals surface area contributed by atoms with Gasteiger partial charge in [-0.1, -0.05) is 0 Å². The average molecular weight is 226 g/mol. The van der Waals surface area contributed by atoms with Crippen molar-refractivity contribution in [2.75, 3.05) is 0 Å². The number of imidazole rings is 1. The van der Waals surface area contributed by atoms with Gasteiger partial charge in [-0.25, -0.2) is 4.98 Å². The molecule has 0 aliphatic heterocycles. The average Bonchev–Trinajstić information content (AvgIpc) is 2.75. The first-order chi connectivity index (χ1) is 8.24. The Kier molecular flexibility index (Phi) is 2.01. The highest BCUT2D eigenvalue weighted by molar-refractivity contribution is 5.66. The zero-order chi connectivity index (χ0) is 11.8. The lowest BCUT2D eigenvalue weighted by molar-refractivity contribution is 0.475. The third-order valence-electron chi connectivity index (χ3n) is 2.63. The maximum atomic E-state index is 9.65. The Labute approximate surface area is 97.4 Å². The summed E-state index contributed by atoms with van der Waals surface area (Å²) >= 11 is 0. The molecule has 0 saturated heterocycles. The second-order valence-corrected chi connectivity index (χ2v) is 3.80. The molecule has 0 atom stereocenters. The molecule has 0 spiro atoms. The summed E-state index contributed by atoms with van der Waals surface area (Å²) in [4.78, 5) is 4.34. The van der Waals surface area contributed by atoms with Crippen LogP contribution in [-0.4, -0.2) is 19.6 Å². The molecule has 0 unspecified atom stereocenters. The number of aromatic hydroxyl groups is 2. The van der Waals surface area contributed by atoms with Crippen molar-refractivity contribution in [3.63, 3.8) is 0 Å². The second kappa shape index (κ2) is 3.52. The van der Waals surface area contributed by atoms with Crippen LogP contribution in [0.25, 0.3) is 16.9 Å². The van der Waals surface area contributed by atoms with Gasteiger partial charge in [-0.3, -0.25) is 0 Å². The molecule has 3 rings (SSSR count). The van der Waals surface area contributed by atoms with E-state index < -0.39 is 0 Å². The maximum Gasteiger partial charge on any atom is 0.180 e. The summed E-state index contributed by atoms with van der Waals surface area (Å²) in [5, 5.41) is 18.9. The molecule has 0 aliphatic rings. The fourth-order valence-electron chi connectivity index (χ4n) is 1.77. The summed E-state index contributed by atoms with van der Waals surface area (Å²) in [5.41, 5.74) is 2.17. The van der Waals surface area contributed by atoms with Crippen LogP contribution in [0.5, 0.6) is 11.5 Å². The molecule has 0 aliphatic carbocycles. The van der Waals surface area contributed by atoms with Gasteiger partial charge in [-0.2, -0.15) is 0 Å². The summed E-state index contributed by atoms with van der Waals surface area (Å²) in [6.45, 7) is 0. The first-order valence-corrected chi connectivity index (χ1v) is 5.20. The van der Waals surface area contributed by atoms with E-state index in [1.54, 1.807) is 40.8 Å². The number of hydrogen-bond donors (Lipinski definition) is 2. The largest absolute Gasteiger partial charge is 0.508 e. The Bertz CT molecular complexity index is 671. The third-order valence-corrected chi connectivity index (χ3v) is 2.63. The minimum Gasteiger partial charge on any atom is -0.508 e. The Morgan fingerprint density at radius 2 is 1.76 bits per heavy atom. The van der Waals surface area contributed by atoms with Crippen LogP contribution in [0.1, 0.15) is 0 Å². The molecule has 4 heteroatoms. The smallest absolute Gasteiger partial charge is 0.180 e. The van der Waals surface area contributed by atoms with E-state index in [1.165, 1.54) is 0 Å². The summed E-state index contributed by atoms with van der Waals surface area (Å²) in [7, 11) is 0. The van der Waals surface area contributed by atoms with Crippen LogP contribution in [-0.2, 0) is 0 Å². The number of rotatable bonds is 1. The predicted molar refractivity (Wildman–Crippen MR) is 64.0 cm³/mol. The van der Waals surface area contributed by atoms with Crippen molar-refractivity contribution in [1.82, 2.24) is 9.38 Å². The molecule has 3 aromatic rings. The van der Waals surface area contributed by atoms with Crippen LogP contribution in [0.15, 0.2) is 48.8 Å². The number of phenolic OH excluding ortho intramolecular Hbond substituents is 1. The van der Waals surface area contributed by atoms with Gasteiger partial charge in [0.05, 0.1) is 5.69 Å². The van der Waals surface area contributed by atoms with Crippen LogP contribution >= 0.6 is 0 Å². The molecule has 17 heavy (non-hydrogen) atoms. The molecular weight excluding hydrogens is 216 g/mol. The van der Waals surface area contributed by atoms with Crippen molar-refractivity contribution < 1.29 is 10.2 Å². The Balaban J connectivity index is 2.18. The van der Waals surface area contributed by atoms with Gasteiger partial charge in [0.2, 0.25) is 0 Å².